The van der Waals surface area contributed by atoms with E-state index in [1.807, 2.05) is 4.90 Å². The second kappa shape index (κ2) is 6.23. The minimum absolute atomic E-state index is 0.0725. The summed E-state index contributed by atoms with van der Waals surface area (Å²) in [6, 6.07) is 0. The van der Waals surface area contributed by atoms with Crippen LogP contribution in [-0.4, -0.2) is 33.9 Å². The van der Waals surface area contributed by atoms with Crippen LogP contribution in [0.4, 0.5) is 0 Å². The Morgan fingerprint density at radius 3 is 2.68 bits per heavy atom. The Labute approximate surface area is 131 Å². The molecule has 0 aromatic carbocycles. The van der Waals surface area contributed by atoms with Crippen LogP contribution in [-0.2, 0) is 11.2 Å². The first kappa shape index (κ1) is 15.3. The van der Waals surface area contributed by atoms with E-state index in [2.05, 4.69) is 9.97 Å². The first-order chi connectivity index (χ1) is 10.5. The molecule has 0 bridgehead atoms. The Morgan fingerprint density at radius 2 is 1.95 bits per heavy atom. The monoisotopic (exact) mass is 303 g/mol. The summed E-state index contributed by atoms with van der Waals surface area (Å²) in [5.41, 5.74) is 1.01. The second-order valence-electron chi connectivity index (χ2n) is 6.83. The SMILES string of the molecule is Cc1nc(C)c(CC(=O)N2CC[C@H]3CCCC[C@H]3C2)c(=O)[nH]1. The van der Waals surface area contributed by atoms with Gasteiger partial charge in [-0.15, -0.1) is 0 Å². The number of amides is 1. The van der Waals surface area contributed by atoms with E-state index in [-0.39, 0.29) is 17.9 Å². The maximum Gasteiger partial charge on any atom is 0.254 e. The third-order valence-electron chi connectivity index (χ3n) is 5.31. The molecule has 2 aliphatic rings. The maximum absolute atomic E-state index is 12.6. The van der Waals surface area contributed by atoms with Crippen LogP contribution in [0.5, 0.6) is 0 Å². The van der Waals surface area contributed by atoms with Crippen molar-refractivity contribution in [3.8, 4) is 0 Å². The molecular weight excluding hydrogens is 278 g/mol. The second-order valence-corrected chi connectivity index (χ2v) is 6.83. The van der Waals surface area contributed by atoms with Crippen molar-refractivity contribution in [1.82, 2.24) is 14.9 Å². The van der Waals surface area contributed by atoms with Crippen molar-refractivity contribution in [3.05, 3.63) is 27.4 Å². The van der Waals surface area contributed by atoms with Gasteiger partial charge in [0.25, 0.3) is 5.56 Å². The predicted molar refractivity (Wildman–Crippen MR) is 84.7 cm³/mol. The van der Waals surface area contributed by atoms with E-state index >= 15 is 0 Å². The van der Waals surface area contributed by atoms with Gasteiger partial charge in [-0.05, 0) is 38.5 Å². The molecule has 0 unspecified atom stereocenters. The number of fused-ring (bicyclic) bond motifs is 1. The number of rotatable bonds is 2. The summed E-state index contributed by atoms with van der Waals surface area (Å²) < 4.78 is 0. The highest BCUT2D eigenvalue weighted by Crippen LogP contribution is 2.36. The number of hydrogen-bond donors (Lipinski definition) is 1. The Morgan fingerprint density at radius 1 is 1.23 bits per heavy atom. The fraction of sp³-hybridized carbons (Fsp3) is 0.706. The summed E-state index contributed by atoms with van der Waals surface area (Å²) in [7, 11) is 0. The Kier molecular flexibility index (Phi) is 4.32. The summed E-state index contributed by atoms with van der Waals surface area (Å²) >= 11 is 0. The van der Waals surface area contributed by atoms with Gasteiger partial charge in [-0.1, -0.05) is 19.3 Å². The van der Waals surface area contributed by atoms with E-state index < -0.39 is 0 Å². The minimum atomic E-state index is -0.175. The number of nitrogens with zero attached hydrogens (tertiary/aromatic N) is 2. The topological polar surface area (TPSA) is 66.1 Å². The van der Waals surface area contributed by atoms with Crippen LogP contribution in [0, 0.1) is 25.7 Å². The molecule has 1 aliphatic carbocycles. The first-order valence-electron chi connectivity index (χ1n) is 8.38. The van der Waals surface area contributed by atoms with Crippen molar-refractivity contribution in [2.24, 2.45) is 11.8 Å². The average molecular weight is 303 g/mol. The van der Waals surface area contributed by atoms with Gasteiger partial charge < -0.3 is 9.88 Å². The Balaban J connectivity index is 1.69. The third kappa shape index (κ3) is 3.08. The molecule has 5 nitrogen and oxygen atoms in total. The summed E-state index contributed by atoms with van der Waals surface area (Å²) in [4.78, 5) is 33.5. The van der Waals surface area contributed by atoms with Crippen LogP contribution in [0.15, 0.2) is 4.79 Å². The lowest BCUT2D eigenvalue weighted by Gasteiger charge is -2.41. The Bertz CT molecular complexity index is 623. The van der Waals surface area contributed by atoms with Gasteiger partial charge in [0.15, 0.2) is 0 Å². The summed E-state index contributed by atoms with van der Waals surface area (Å²) in [5.74, 6) is 2.15. The minimum Gasteiger partial charge on any atom is -0.342 e. The normalized spacial score (nSPS) is 24.9. The maximum atomic E-state index is 12.6. The average Bonchev–Trinajstić information content (AvgIpc) is 2.50. The molecule has 22 heavy (non-hydrogen) atoms. The molecule has 1 aromatic rings. The van der Waals surface area contributed by atoms with Gasteiger partial charge in [-0.3, -0.25) is 9.59 Å². The molecular formula is C17H25N3O2. The first-order valence-corrected chi connectivity index (χ1v) is 8.38. The zero-order valence-corrected chi connectivity index (χ0v) is 13.5. The molecule has 2 atom stereocenters. The fourth-order valence-corrected chi connectivity index (χ4v) is 4.05. The molecule has 1 aliphatic heterocycles. The predicted octanol–water partition coefficient (Wildman–Crippen LogP) is 1.97. The zero-order chi connectivity index (χ0) is 15.7. The lowest BCUT2D eigenvalue weighted by molar-refractivity contribution is -0.133. The molecule has 120 valence electrons. The van der Waals surface area contributed by atoms with E-state index in [4.69, 9.17) is 0 Å². The van der Waals surface area contributed by atoms with Gasteiger partial charge in [0.1, 0.15) is 5.82 Å². The van der Waals surface area contributed by atoms with E-state index in [1.165, 1.54) is 25.7 Å². The largest absolute Gasteiger partial charge is 0.342 e. The van der Waals surface area contributed by atoms with Gasteiger partial charge in [0, 0.05) is 24.3 Å². The lowest BCUT2D eigenvalue weighted by atomic mass is 9.75. The molecule has 5 heteroatoms. The van der Waals surface area contributed by atoms with Crippen LogP contribution in [0.1, 0.15) is 49.2 Å². The van der Waals surface area contributed by atoms with E-state index in [1.54, 1.807) is 13.8 Å². The lowest BCUT2D eigenvalue weighted by Crippen LogP contribution is -2.45. The number of piperidine rings is 1. The summed E-state index contributed by atoms with van der Waals surface area (Å²) in [6.07, 6.45) is 6.51. The Hall–Kier alpha value is -1.65. The molecule has 0 radical (unpaired) electrons. The number of aromatic amines is 1. The number of hydrogen-bond acceptors (Lipinski definition) is 3. The van der Waals surface area contributed by atoms with Crippen molar-refractivity contribution in [2.45, 2.75) is 52.4 Å². The highest BCUT2D eigenvalue weighted by atomic mass is 16.2. The third-order valence-corrected chi connectivity index (χ3v) is 5.31. The van der Waals surface area contributed by atoms with E-state index in [0.717, 1.165) is 25.4 Å². The van der Waals surface area contributed by atoms with Crippen LogP contribution >= 0.6 is 0 Å². The van der Waals surface area contributed by atoms with Crippen molar-refractivity contribution in [1.29, 1.82) is 0 Å². The molecule has 2 fully saturated rings. The van der Waals surface area contributed by atoms with Gasteiger partial charge in [-0.2, -0.15) is 0 Å². The number of carbonyl (C=O) groups is 1. The summed E-state index contributed by atoms with van der Waals surface area (Å²) in [6.45, 7) is 5.28. The molecule has 1 N–H and O–H groups in total. The number of aryl methyl sites for hydroxylation is 2. The number of carbonyl (C=O) groups excluding carboxylic acids is 1. The zero-order valence-electron chi connectivity index (χ0n) is 13.5. The van der Waals surface area contributed by atoms with Crippen molar-refractivity contribution < 1.29 is 4.79 Å². The highest BCUT2D eigenvalue weighted by molar-refractivity contribution is 5.79. The summed E-state index contributed by atoms with van der Waals surface area (Å²) in [5, 5.41) is 0. The van der Waals surface area contributed by atoms with E-state index in [0.29, 0.717) is 23.0 Å². The van der Waals surface area contributed by atoms with Crippen LogP contribution in [0.25, 0.3) is 0 Å². The molecule has 0 spiro atoms. The van der Waals surface area contributed by atoms with Crippen LogP contribution in [0.3, 0.4) is 0 Å². The van der Waals surface area contributed by atoms with Crippen molar-refractivity contribution in [3.63, 3.8) is 0 Å². The van der Waals surface area contributed by atoms with Gasteiger partial charge in [0.2, 0.25) is 5.91 Å². The molecule has 1 amide bonds. The smallest absolute Gasteiger partial charge is 0.254 e. The molecule has 1 saturated heterocycles. The number of likely N-dealkylation sites (tertiary alicyclic amines) is 1. The number of aromatic nitrogens is 2. The standard InChI is InChI=1S/C17H25N3O2/c1-11-15(17(22)19-12(2)18-11)9-16(21)20-8-7-13-5-3-4-6-14(13)10-20/h13-14H,3-10H2,1-2H3,(H,18,19,22)/t13-,14+/m1/s1. The van der Waals surface area contributed by atoms with Crippen molar-refractivity contribution in [2.75, 3.05) is 13.1 Å². The number of nitrogens with one attached hydrogen (secondary N) is 1. The molecule has 1 saturated carbocycles. The molecule has 1 aromatic heterocycles. The van der Waals surface area contributed by atoms with Crippen LogP contribution in [0.2, 0.25) is 0 Å². The molecule has 3 rings (SSSR count). The van der Waals surface area contributed by atoms with Gasteiger partial charge in [0.05, 0.1) is 6.42 Å². The van der Waals surface area contributed by atoms with Gasteiger partial charge in [-0.25, -0.2) is 4.98 Å². The molecule has 2 heterocycles. The van der Waals surface area contributed by atoms with E-state index in [9.17, 15) is 9.59 Å². The van der Waals surface area contributed by atoms with Crippen molar-refractivity contribution >= 4 is 5.91 Å². The number of H-pyrrole nitrogens is 1. The fourth-order valence-electron chi connectivity index (χ4n) is 4.05. The van der Waals surface area contributed by atoms with Crippen LogP contribution < -0.4 is 5.56 Å². The quantitative estimate of drug-likeness (QED) is 0.908. The highest BCUT2D eigenvalue weighted by Gasteiger charge is 2.33. The van der Waals surface area contributed by atoms with Gasteiger partial charge >= 0.3 is 0 Å².